The van der Waals surface area contributed by atoms with Crippen LogP contribution in [0.25, 0.3) is 0 Å². The van der Waals surface area contributed by atoms with Gasteiger partial charge in [-0.25, -0.2) is 0 Å². The molecule has 0 heterocycles. The lowest BCUT2D eigenvalue weighted by atomic mass is 9.51. The van der Waals surface area contributed by atoms with E-state index < -0.39 is 0 Å². The summed E-state index contributed by atoms with van der Waals surface area (Å²) in [4.78, 5) is 0.856. The van der Waals surface area contributed by atoms with Crippen molar-refractivity contribution in [1.29, 1.82) is 0 Å². The van der Waals surface area contributed by atoms with Crippen molar-refractivity contribution < 1.29 is 0 Å². The Balaban J connectivity index is 2.41. The number of hydrogen-bond acceptors (Lipinski definition) is 0. The van der Waals surface area contributed by atoms with Crippen molar-refractivity contribution in [2.45, 2.75) is 67.9 Å². The number of allylic oxidation sites excluding steroid dienone is 2. The van der Waals surface area contributed by atoms with Crippen LogP contribution in [0.4, 0.5) is 0 Å². The van der Waals surface area contributed by atoms with Gasteiger partial charge in [-0.2, -0.15) is 0 Å². The fraction of sp³-hybridized carbons (Fsp3) is 0.867. The predicted octanol–water partition coefficient (Wildman–Crippen LogP) is 6.06. The van der Waals surface area contributed by atoms with Crippen molar-refractivity contribution in [3.63, 3.8) is 0 Å². The molecule has 1 saturated carbocycles. The second-order valence-electron chi connectivity index (χ2n) is 6.84. The summed E-state index contributed by atoms with van der Waals surface area (Å²) in [6.07, 6.45) is 7.00. The van der Waals surface area contributed by atoms with Gasteiger partial charge in [0.1, 0.15) is 0 Å². The lowest BCUT2D eigenvalue weighted by molar-refractivity contribution is 0.0482. The van der Waals surface area contributed by atoms with Crippen LogP contribution in [-0.2, 0) is 0 Å². The van der Waals surface area contributed by atoms with Crippen LogP contribution in [0.15, 0.2) is 11.6 Å². The molecule has 0 saturated heterocycles. The first kappa shape index (κ1) is 15.4. The Hall–Kier alpha value is 0.990. The van der Waals surface area contributed by atoms with Crippen LogP contribution in [0.2, 0.25) is 0 Å². The molecule has 0 nitrogen and oxygen atoms in total. The third-order valence-corrected chi connectivity index (χ3v) is 9.19. The quantitative estimate of drug-likeness (QED) is 0.344. The SMILES string of the molecule is CC1=CC[C@H](Br)C(C)(C)[C@]12CC[C@](C)(Cl)[C@@H](Br)C2. The fourth-order valence-corrected chi connectivity index (χ4v) is 5.34. The molecule has 3 heteroatoms. The molecule has 2 rings (SSSR count). The molecule has 4 atom stereocenters. The van der Waals surface area contributed by atoms with E-state index in [1.165, 1.54) is 6.42 Å². The average Bonchev–Trinajstić information content (AvgIpc) is 2.27. The molecule has 0 aliphatic heterocycles. The molecule has 0 aromatic carbocycles. The predicted molar refractivity (Wildman–Crippen MR) is 88.1 cm³/mol. The lowest BCUT2D eigenvalue weighted by Gasteiger charge is -2.58. The van der Waals surface area contributed by atoms with Gasteiger partial charge in [0, 0.05) is 9.65 Å². The molecule has 0 radical (unpaired) electrons. The van der Waals surface area contributed by atoms with E-state index in [4.69, 9.17) is 11.6 Å². The highest BCUT2D eigenvalue weighted by atomic mass is 79.9. The van der Waals surface area contributed by atoms with E-state index in [1.807, 2.05) is 0 Å². The van der Waals surface area contributed by atoms with Gasteiger partial charge in [-0.1, -0.05) is 57.4 Å². The molecule has 1 fully saturated rings. The van der Waals surface area contributed by atoms with Gasteiger partial charge in [-0.05, 0) is 50.4 Å². The molecular weight excluding hydrogens is 375 g/mol. The summed E-state index contributed by atoms with van der Waals surface area (Å²) < 4.78 is 0. The zero-order valence-corrected chi connectivity index (χ0v) is 15.6. The van der Waals surface area contributed by atoms with Crippen molar-refractivity contribution in [2.24, 2.45) is 10.8 Å². The van der Waals surface area contributed by atoms with E-state index in [0.717, 1.165) is 19.3 Å². The third kappa shape index (κ3) is 2.15. The first-order valence-corrected chi connectivity index (χ1v) is 8.99. The van der Waals surface area contributed by atoms with Gasteiger partial charge in [-0.15, -0.1) is 11.6 Å². The largest absolute Gasteiger partial charge is 0.118 e. The number of hydrogen-bond donors (Lipinski definition) is 0. The highest BCUT2D eigenvalue weighted by molar-refractivity contribution is 9.09. The minimum atomic E-state index is -0.0964. The topological polar surface area (TPSA) is 0 Å². The van der Waals surface area contributed by atoms with Gasteiger partial charge in [0.25, 0.3) is 0 Å². The molecule has 0 bridgehead atoms. The molecule has 0 amide bonds. The van der Waals surface area contributed by atoms with Gasteiger partial charge in [0.05, 0.1) is 4.87 Å². The van der Waals surface area contributed by atoms with E-state index in [0.29, 0.717) is 15.1 Å². The van der Waals surface area contributed by atoms with Crippen molar-refractivity contribution >= 4 is 43.5 Å². The Morgan fingerprint density at radius 3 is 2.33 bits per heavy atom. The summed E-state index contributed by atoms with van der Waals surface area (Å²) in [6.45, 7) is 9.32. The molecule has 0 aromatic heterocycles. The van der Waals surface area contributed by atoms with Crippen LogP contribution in [0, 0.1) is 10.8 Å². The van der Waals surface area contributed by atoms with Gasteiger partial charge < -0.3 is 0 Å². The Morgan fingerprint density at radius 2 is 1.78 bits per heavy atom. The standard InChI is InChI=1S/C15H23Br2Cl/c1-10-5-6-11(16)13(2,3)15(10)8-7-14(4,18)12(17)9-15/h5,11-12H,6-9H2,1-4H3/t11-,12-,14-,15-/m0/s1. The maximum Gasteiger partial charge on any atom is 0.0544 e. The third-order valence-electron chi connectivity index (χ3n) is 5.62. The second kappa shape index (κ2) is 4.77. The van der Waals surface area contributed by atoms with E-state index in [1.54, 1.807) is 5.57 Å². The Labute approximate surface area is 133 Å². The van der Waals surface area contributed by atoms with Crippen LogP contribution < -0.4 is 0 Å². The first-order chi connectivity index (χ1) is 8.13. The summed E-state index contributed by atoms with van der Waals surface area (Å²) >= 11 is 14.4. The molecule has 0 unspecified atom stereocenters. The molecular formula is C15H23Br2Cl. The normalized spacial score (nSPS) is 48.1. The summed E-state index contributed by atoms with van der Waals surface area (Å²) in [5.41, 5.74) is 2.15. The molecule has 104 valence electrons. The summed E-state index contributed by atoms with van der Waals surface area (Å²) in [5.74, 6) is 0. The van der Waals surface area contributed by atoms with Gasteiger partial charge >= 0.3 is 0 Å². The Kier molecular flexibility index (Phi) is 4.08. The molecule has 2 aliphatic carbocycles. The summed E-state index contributed by atoms with van der Waals surface area (Å²) in [5, 5.41) is 0. The summed E-state index contributed by atoms with van der Waals surface area (Å²) in [6, 6.07) is 0. The van der Waals surface area contributed by atoms with E-state index in [9.17, 15) is 0 Å². The van der Waals surface area contributed by atoms with Gasteiger partial charge in [0.2, 0.25) is 0 Å². The zero-order chi connectivity index (χ0) is 13.8. The van der Waals surface area contributed by atoms with E-state index in [2.05, 4.69) is 65.6 Å². The van der Waals surface area contributed by atoms with Crippen LogP contribution in [-0.4, -0.2) is 14.5 Å². The van der Waals surface area contributed by atoms with Crippen molar-refractivity contribution in [3.8, 4) is 0 Å². The fourth-order valence-electron chi connectivity index (χ4n) is 3.76. The van der Waals surface area contributed by atoms with Crippen LogP contribution >= 0.6 is 43.5 Å². The van der Waals surface area contributed by atoms with Gasteiger partial charge in [0.15, 0.2) is 0 Å². The molecule has 2 aliphatic rings. The average molecular weight is 399 g/mol. The van der Waals surface area contributed by atoms with E-state index in [-0.39, 0.29) is 10.3 Å². The lowest BCUT2D eigenvalue weighted by Crippen LogP contribution is -2.53. The highest BCUT2D eigenvalue weighted by Crippen LogP contribution is 2.63. The maximum absolute atomic E-state index is 6.62. The van der Waals surface area contributed by atoms with Crippen molar-refractivity contribution in [3.05, 3.63) is 11.6 Å². The number of rotatable bonds is 0. The van der Waals surface area contributed by atoms with Crippen LogP contribution in [0.3, 0.4) is 0 Å². The maximum atomic E-state index is 6.62. The van der Waals surface area contributed by atoms with Gasteiger partial charge in [-0.3, -0.25) is 0 Å². The highest BCUT2D eigenvalue weighted by Gasteiger charge is 2.56. The van der Waals surface area contributed by atoms with Crippen molar-refractivity contribution in [1.82, 2.24) is 0 Å². The number of halogens is 3. The second-order valence-corrected chi connectivity index (χ2v) is 9.92. The monoisotopic (exact) mass is 396 g/mol. The Morgan fingerprint density at radius 1 is 1.17 bits per heavy atom. The summed E-state index contributed by atoms with van der Waals surface area (Å²) in [7, 11) is 0. The molecule has 0 N–H and O–H groups in total. The van der Waals surface area contributed by atoms with Crippen molar-refractivity contribution in [2.75, 3.05) is 0 Å². The molecule has 18 heavy (non-hydrogen) atoms. The smallest absolute Gasteiger partial charge is 0.0544 e. The molecule has 0 aromatic rings. The minimum Gasteiger partial charge on any atom is -0.118 e. The molecule has 1 spiro atoms. The van der Waals surface area contributed by atoms with E-state index >= 15 is 0 Å². The minimum absolute atomic E-state index is 0.0964. The van der Waals surface area contributed by atoms with Crippen LogP contribution in [0.5, 0.6) is 0 Å². The zero-order valence-electron chi connectivity index (χ0n) is 11.7. The first-order valence-electron chi connectivity index (χ1n) is 6.78. The number of alkyl halides is 3. The van der Waals surface area contributed by atoms with Crippen LogP contribution in [0.1, 0.15) is 53.4 Å². The Bertz CT molecular complexity index is 373.